The first kappa shape index (κ1) is 20.3. The highest BCUT2D eigenvalue weighted by molar-refractivity contribution is 6.14. The third kappa shape index (κ3) is 4.58. The molecule has 0 spiro atoms. The smallest absolute Gasteiger partial charge is 0.239 e. The van der Waals surface area contributed by atoms with Crippen molar-refractivity contribution < 1.29 is 19.1 Å². The van der Waals surface area contributed by atoms with E-state index in [2.05, 4.69) is 10.6 Å². The number of methoxy groups -OCH3 is 2. The summed E-state index contributed by atoms with van der Waals surface area (Å²) in [5, 5.41) is 5.57. The summed E-state index contributed by atoms with van der Waals surface area (Å²) < 4.78 is 10.4. The molecule has 0 aliphatic rings. The molecular formula is C21H26N2O4. The summed E-state index contributed by atoms with van der Waals surface area (Å²) in [5.41, 5.74) is 2.12. The molecule has 0 fully saturated rings. The first-order valence-corrected chi connectivity index (χ1v) is 8.61. The number of nitrogens with one attached hydrogen (secondary N) is 2. The van der Waals surface area contributed by atoms with E-state index in [1.807, 2.05) is 32.0 Å². The topological polar surface area (TPSA) is 76.7 Å². The molecule has 144 valence electrons. The molecule has 2 rings (SSSR count). The highest BCUT2D eigenvalue weighted by Crippen LogP contribution is 2.31. The predicted octanol–water partition coefficient (Wildman–Crippen LogP) is 3.92. The Morgan fingerprint density at radius 2 is 1.30 bits per heavy atom. The molecule has 27 heavy (non-hydrogen) atoms. The molecule has 0 heterocycles. The zero-order valence-corrected chi connectivity index (χ0v) is 16.6. The number of carbonyl (C=O) groups excluding carboxylic acids is 2. The lowest BCUT2D eigenvalue weighted by Gasteiger charge is -2.23. The summed E-state index contributed by atoms with van der Waals surface area (Å²) in [6.45, 7) is 7.14. The van der Waals surface area contributed by atoms with Gasteiger partial charge in [-0.15, -0.1) is 0 Å². The summed E-state index contributed by atoms with van der Waals surface area (Å²) in [6.07, 6.45) is 0. The van der Waals surface area contributed by atoms with Crippen molar-refractivity contribution in [3.63, 3.8) is 0 Å². The second-order valence-corrected chi connectivity index (χ2v) is 6.90. The molecule has 2 amide bonds. The molecule has 0 saturated carbocycles. The second-order valence-electron chi connectivity index (χ2n) is 6.90. The fourth-order valence-corrected chi connectivity index (χ4v) is 2.41. The first-order chi connectivity index (χ1) is 12.7. The van der Waals surface area contributed by atoms with Crippen LogP contribution >= 0.6 is 0 Å². The lowest BCUT2D eigenvalue weighted by Crippen LogP contribution is -2.41. The third-order valence-electron chi connectivity index (χ3n) is 4.54. The van der Waals surface area contributed by atoms with Gasteiger partial charge in [-0.1, -0.05) is 6.07 Å². The van der Waals surface area contributed by atoms with Crippen molar-refractivity contribution in [2.24, 2.45) is 5.41 Å². The molecule has 2 aromatic rings. The molecule has 0 atom stereocenters. The van der Waals surface area contributed by atoms with E-state index in [4.69, 9.17) is 9.47 Å². The molecule has 2 N–H and O–H groups in total. The minimum atomic E-state index is -1.27. The Hall–Kier alpha value is -3.02. The van der Waals surface area contributed by atoms with E-state index in [-0.39, 0.29) is 5.91 Å². The average Bonchev–Trinajstić information content (AvgIpc) is 2.64. The van der Waals surface area contributed by atoms with Crippen LogP contribution in [-0.4, -0.2) is 26.0 Å². The maximum absolute atomic E-state index is 12.7. The van der Waals surface area contributed by atoms with Gasteiger partial charge in [-0.2, -0.15) is 0 Å². The Morgan fingerprint density at radius 1 is 0.778 bits per heavy atom. The number of anilines is 2. The van der Waals surface area contributed by atoms with Gasteiger partial charge < -0.3 is 20.1 Å². The van der Waals surface area contributed by atoms with E-state index in [0.29, 0.717) is 22.9 Å². The van der Waals surface area contributed by atoms with Gasteiger partial charge in [0.25, 0.3) is 0 Å². The van der Waals surface area contributed by atoms with Crippen molar-refractivity contribution in [2.45, 2.75) is 27.7 Å². The number of amides is 2. The Kier molecular flexibility index (Phi) is 6.10. The van der Waals surface area contributed by atoms with Gasteiger partial charge in [-0.25, -0.2) is 0 Å². The van der Waals surface area contributed by atoms with E-state index < -0.39 is 11.3 Å². The maximum atomic E-state index is 12.7. The van der Waals surface area contributed by atoms with Crippen molar-refractivity contribution >= 4 is 23.2 Å². The van der Waals surface area contributed by atoms with Crippen molar-refractivity contribution in [2.75, 3.05) is 24.9 Å². The minimum Gasteiger partial charge on any atom is -0.493 e. The van der Waals surface area contributed by atoms with Crippen molar-refractivity contribution in [1.82, 2.24) is 0 Å². The van der Waals surface area contributed by atoms with Gasteiger partial charge in [0.05, 0.1) is 14.2 Å². The fraction of sp³-hybridized carbons (Fsp3) is 0.333. The highest BCUT2D eigenvalue weighted by Gasteiger charge is 2.36. The molecule has 2 aromatic carbocycles. The van der Waals surface area contributed by atoms with E-state index >= 15 is 0 Å². The molecule has 6 heteroatoms. The first-order valence-electron chi connectivity index (χ1n) is 8.61. The monoisotopic (exact) mass is 370 g/mol. The largest absolute Gasteiger partial charge is 0.493 e. The summed E-state index contributed by atoms with van der Waals surface area (Å²) in [7, 11) is 3.06. The molecule has 0 saturated heterocycles. The highest BCUT2D eigenvalue weighted by atomic mass is 16.5. The lowest BCUT2D eigenvalue weighted by atomic mass is 9.90. The second kappa shape index (κ2) is 8.12. The third-order valence-corrected chi connectivity index (χ3v) is 4.54. The maximum Gasteiger partial charge on any atom is 0.239 e. The molecule has 6 nitrogen and oxygen atoms in total. The molecule has 0 radical (unpaired) electrons. The molecule has 0 aliphatic heterocycles. The van der Waals surface area contributed by atoms with Crippen LogP contribution in [0.4, 0.5) is 11.4 Å². The number of hydrogen-bond acceptors (Lipinski definition) is 4. The number of ether oxygens (including phenoxy) is 2. The van der Waals surface area contributed by atoms with Crippen LogP contribution in [0.15, 0.2) is 36.4 Å². The van der Waals surface area contributed by atoms with Gasteiger partial charge in [-0.05, 0) is 63.1 Å². The SMILES string of the molecule is COc1ccc(NC(=O)C(C)(C)C(=O)Nc2ccc(C)c(C)c2)cc1OC. The van der Waals surface area contributed by atoms with E-state index in [9.17, 15) is 9.59 Å². The number of rotatable bonds is 6. The van der Waals surface area contributed by atoms with Crippen molar-refractivity contribution in [1.29, 1.82) is 0 Å². The number of benzene rings is 2. The van der Waals surface area contributed by atoms with Crippen molar-refractivity contribution in [3.05, 3.63) is 47.5 Å². The van der Waals surface area contributed by atoms with Crippen LogP contribution in [0.25, 0.3) is 0 Å². The van der Waals surface area contributed by atoms with Crippen LogP contribution < -0.4 is 20.1 Å². The van der Waals surface area contributed by atoms with Gasteiger partial charge in [-0.3, -0.25) is 9.59 Å². The summed E-state index contributed by atoms with van der Waals surface area (Å²) in [4.78, 5) is 25.4. The van der Waals surface area contributed by atoms with Gasteiger partial charge in [0.1, 0.15) is 5.41 Å². The lowest BCUT2D eigenvalue weighted by molar-refractivity contribution is -0.135. The minimum absolute atomic E-state index is 0.385. The van der Waals surface area contributed by atoms with Gasteiger partial charge in [0, 0.05) is 17.4 Å². The summed E-state index contributed by atoms with van der Waals surface area (Å²) >= 11 is 0. The molecular weight excluding hydrogens is 344 g/mol. The Labute approximate surface area is 159 Å². The Morgan fingerprint density at radius 3 is 1.81 bits per heavy atom. The zero-order chi connectivity index (χ0) is 20.2. The van der Waals surface area contributed by atoms with E-state index in [0.717, 1.165) is 11.1 Å². The van der Waals surface area contributed by atoms with Crippen LogP contribution in [-0.2, 0) is 9.59 Å². The number of aryl methyl sites for hydroxylation is 2. The fourth-order valence-electron chi connectivity index (χ4n) is 2.41. The number of hydrogen-bond donors (Lipinski definition) is 2. The zero-order valence-electron chi connectivity index (χ0n) is 16.6. The number of carbonyl (C=O) groups is 2. The molecule has 0 bridgehead atoms. The quantitative estimate of drug-likeness (QED) is 0.756. The normalized spacial score (nSPS) is 10.9. The standard InChI is InChI=1S/C21H26N2O4/c1-13-7-8-15(11-14(13)2)22-19(24)21(3,4)20(25)23-16-9-10-17(26-5)18(12-16)27-6/h7-12H,1-6H3,(H,22,24)(H,23,25). The summed E-state index contributed by atoms with van der Waals surface area (Å²) in [5.74, 6) is 0.245. The van der Waals surface area contributed by atoms with Gasteiger partial charge in [0.2, 0.25) is 11.8 Å². The van der Waals surface area contributed by atoms with Crippen LogP contribution in [0, 0.1) is 19.3 Å². The van der Waals surface area contributed by atoms with E-state index in [1.54, 1.807) is 32.0 Å². The Bertz CT molecular complexity index is 859. The molecule has 0 aliphatic carbocycles. The molecule has 0 aromatic heterocycles. The van der Waals surface area contributed by atoms with Crippen molar-refractivity contribution in [3.8, 4) is 11.5 Å². The van der Waals surface area contributed by atoms with Crippen LogP contribution in [0.3, 0.4) is 0 Å². The van der Waals surface area contributed by atoms with E-state index in [1.165, 1.54) is 14.2 Å². The predicted molar refractivity (Wildman–Crippen MR) is 107 cm³/mol. The van der Waals surface area contributed by atoms with Crippen LogP contribution in [0.2, 0.25) is 0 Å². The summed E-state index contributed by atoms with van der Waals surface area (Å²) in [6, 6.07) is 10.7. The van der Waals surface area contributed by atoms with Gasteiger partial charge >= 0.3 is 0 Å². The van der Waals surface area contributed by atoms with Gasteiger partial charge in [0.15, 0.2) is 11.5 Å². The van der Waals surface area contributed by atoms with Crippen LogP contribution in [0.1, 0.15) is 25.0 Å². The average molecular weight is 370 g/mol. The Balaban J connectivity index is 2.13. The van der Waals surface area contributed by atoms with Crippen LogP contribution in [0.5, 0.6) is 11.5 Å². The molecule has 0 unspecified atom stereocenters.